The molecule has 0 aromatic carbocycles. The molecule has 3 heteroatoms. The number of carbonyl (C=O) groups is 1. The lowest BCUT2D eigenvalue weighted by Gasteiger charge is -1.91. The lowest BCUT2D eigenvalue weighted by Crippen LogP contribution is -1.96. The zero-order valence-corrected chi connectivity index (χ0v) is 5.26. The van der Waals surface area contributed by atoms with Gasteiger partial charge in [-0.1, -0.05) is 0 Å². The SMILES string of the molecule is COC(C)=NC(C)=O. The van der Waals surface area contributed by atoms with Gasteiger partial charge in [0.1, 0.15) is 0 Å². The van der Waals surface area contributed by atoms with Crippen LogP contribution in [-0.2, 0) is 9.53 Å². The van der Waals surface area contributed by atoms with Crippen LogP contribution in [0.15, 0.2) is 4.99 Å². The molecule has 0 saturated heterocycles. The number of nitrogens with zero attached hydrogens (tertiary/aromatic N) is 1. The number of methoxy groups -OCH3 is 1. The number of ether oxygens (including phenoxy) is 1. The summed E-state index contributed by atoms with van der Waals surface area (Å²) in [4.78, 5) is 13.6. The van der Waals surface area contributed by atoms with Crippen molar-refractivity contribution >= 4 is 11.8 Å². The van der Waals surface area contributed by atoms with Gasteiger partial charge in [-0.15, -0.1) is 0 Å². The second kappa shape index (κ2) is 3.18. The fraction of sp³-hybridized carbons (Fsp3) is 0.600. The molecular formula is C5H9NO2. The molecule has 1 amide bonds. The van der Waals surface area contributed by atoms with Crippen LogP contribution in [0, 0.1) is 0 Å². The highest BCUT2D eigenvalue weighted by atomic mass is 16.5. The van der Waals surface area contributed by atoms with E-state index in [1.165, 1.54) is 14.0 Å². The Balaban J connectivity index is 3.75. The standard InChI is InChI=1S/C5H9NO2/c1-4(7)6-5(2)8-3/h1-3H3. The van der Waals surface area contributed by atoms with E-state index < -0.39 is 0 Å². The Hall–Kier alpha value is -0.860. The summed E-state index contributed by atoms with van der Waals surface area (Å²) in [6, 6.07) is 0. The highest BCUT2D eigenvalue weighted by molar-refractivity contribution is 5.88. The molecule has 46 valence electrons. The Kier molecular flexibility index (Phi) is 2.84. The van der Waals surface area contributed by atoms with Crippen LogP contribution in [0.5, 0.6) is 0 Å². The van der Waals surface area contributed by atoms with Crippen molar-refractivity contribution < 1.29 is 9.53 Å². The zero-order chi connectivity index (χ0) is 6.57. The lowest BCUT2D eigenvalue weighted by molar-refractivity contribution is -0.115. The fourth-order valence-electron chi connectivity index (χ4n) is 0.267. The van der Waals surface area contributed by atoms with Crippen molar-refractivity contribution in [2.24, 2.45) is 4.99 Å². The largest absolute Gasteiger partial charge is 0.484 e. The Morgan fingerprint density at radius 3 is 2.12 bits per heavy atom. The minimum atomic E-state index is -0.232. The number of amides is 1. The van der Waals surface area contributed by atoms with Crippen molar-refractivity contribution in [1.82, 2.24) is 0 Å². The maximum Gasteiger partial charge on any atom is 0.245 e. The average Bonchev–Trinajstić information content (AvgIpc) is 1.65. The summed E-state index contributed by atoms with van der Waals surface area (Å²) >= 11 is 0. The minimum absolute atomic E-state index is 0.232. The van der Waals surface area contributed by atoms with Crippen molar-refractivity contribution in [1.29, 1.82) is 0 Å². The number of rotatable bonds is 0. The van der Waals surface area contributed by atoms with E-state index in [9.17, 15) is 4.79 Å². The molecule has 0 radical (unpaired) electrons. The highest BCUT2D eigenvalue weighted by Gasteiger charge is 1.87. The van der Waals surface area contributed by atoms with Gasteiger partial charge in [-0.25, -0.2) is 0 Å². The molecule has 0 atom stereocenters. The van der Waals surface area contributed by atoms with Crippen LogP contribution in [-0.4, -0.2) is 18.9 Å². The molecule has 0 bridgehead atoms. The molecule has 0 spiro atoms. The van der Waals surface area contributed by atoms with Gasteiger partial charge in [-0.2, -0.15) is 4.99 Å². The van der Waals surface area contributed by atoms with Crippen LogP contribution in [0.2, 0.25) is 0 Å². The van der Waals surface area contributed by atoms with E-state index in [0.717, 1.165) is 0 Å². The summed E-state index contributed by atoms with van der Waals surface area (Å²) in [6.07, 6.45) is 0. The molecule has 0 heterocycles. The summed E-state index contributed by atoms with van der Waals surface area (Å²) in [6.45, 7) is 3.00. The van der Waals surface area contributed by atoms with E-state index in [-0.39, 0.29) is 5.91 Å². The molecule has 0 aliphatic carbocycles. The van der Waals surface area contributed by atoms with Crippen LogP contribution in [0.25, 0.3) is 0 Å². The fourth-order valence-corrected chi connectivity index (χ4v) is 0.267. The van der Waals surface area contributed by atoms with Gasteiger partial charge in [0, 0.05) is 13.8 Å². The minimum Gasteiger partial charge on any atom is -0.484 e. The van der Waals surface area contributed by atoms with E-state index in [1.807, 2.05) is 0 Å². The third-order valence-electron chi connectivity index (χ3n) is 0.610. The molecule has 0 aromatic heterocycles. The van der Waals surface area contributed by atoms with Crippen LogP contribution >= 0.6 is 0 Å². The van der Waals surface area contributed by atoms with Gasteiger partial charge in [0.15, 0.2) is 5.90 Å². The molecule has 0 aliphatic heterocycles. The van der Waals surface area contributed by atoms with Gasteiger partial charge < -0.3 is 4.74 Å². The van der Waals surface area contributed by atoms with Crippen LogP contribution in [0.4, 0.5) is 0 Å². The maximum atomic E-state index is 10.1. The van der Waals surface area contributed by atoms with E-state index >= 15 is 0 Å². The second-order valence-corrected chi connectivity index (χ2v) is 1.35. The topological polar surface area (TPSA) is 38.7 Å². The summed E-state index contributed by atoms with van der Waals surface area (Å²) in [5.74, 6) is 0.168. The summed E-state index contributed by atoms with van der Waals surface area (Å²) in [7, 11) is 1.47. The van der Waals surface area contributed by atoms with Crippen molar-refractivity contribution in [3.05, 3.63) is 0 Å². The number of hydrogen-bond acceptors (Lipinski definition) is 2. The molecule has 0 rings (SSSR count). The summed E-state index contributed by atoms with van der Waals surface area (Å²) < 4.78 is 4.59. The smallest absolute Gasteiger partial charge is 0.245 e. The quantitative estimate of drug-likeness (QED) is 0.342. The molecule has 3 nitrogen and oxygen atoms in total. The Bertz CT molecular complexity index is 118. The molecule has 0 fully saturated rings. The van der Waals surface area contributed by atoms with Crippen LogP contribution in [0.1, 0.15) is 13.8 Å². The molecule has 0 saturated carbocycles. The van der Waals surface area contributed by atoms with E-state index in [2.05, 4.69) is 9.73 Å². The van der Waals surface area contributed by atoms with Crippen molar-refractivity contribution in [2.75, 3.05) is 7.11 Å². The highest BCUT2D eigenvalue weighted by Crippen LogP contribution is 1.77. The lowest BCUT2D eigenvalue weighted by atomic mass is 10.7. The third-order valence-corrected chi connectivity index (χ3v) is 0.610. The molecule has 0 aliphatic rings. The zero-order valence-electron chi connectivity index (χ0n) is 5.26. The summed E-state index contributed by atoms with van der Waals surface area (Å²) in [5.41, 5.74) is 0. The number of carbonyl (C=O) groups excluding carboxylic acids is 1. The molecule has 0 N–H and O–H groups in total. The first kappa shape index (κ1) is 7.14. The van der Waals surface area contributed by atoms with Crippen molar-refractivity contribution in [3.8, 4) is 0 Å². The number of hydrogen-bond donors (Lipinski definition) is 0. The molecular weight excluding hydrogens is 106 g/mol. The van der Waals surface area contributed by atoms with Crippen LogP contribution < -0.4 is 0 Å². The van der Waals surface area contributed by atoms with Gasteiger partial charge in [-0.3, -0.25) is 4.79 Å². The second-order valence-electron chi connectivity index (χ2n) is 1.35. The monoisotopic (exact) mass is 115 g/mol. The predicted octanol–water partition coefficient (Wildman–Crippen LogP) is 0.598. The first-order chi connectivity index (χ1) is 3.66. The van der Waals surface area contributed by atoms with E-state index in [1.54, 1.807) is 6.92 Å². The van der Waals surface area contributed by atoms with Crippen molar-refractivity contribution in [3.63, 3.8) is 0 Å². The average molecular weight is 115 g/mol. The van der Waals surface area contributed by atoms with Crippen LogP contribution in [0.3, 0.4) is 0 Å². The maximum absolute atomic E-state index is 10.1. The van der Waals surface area contributed by atoms with Gasteiger partial charge in [0.2, 0.25) is 5.91 Å². The Labute approximate surface area is 48.4 Å². The molecule has 0 unspecified atom stereocenters. The Morgan fingerprint density at radius 1 is 1.50 bits per heavy atom. The molecule has 8 heavy (non-hydrogen) atoms. The van der Waals surface area contributed by atoms with E-state index in [4.69, 9.17) is 0 Å². The first-order valence-electron chi connectivity index (χ1n) is 2.26. The van der Waals surface area contributed by atoms with Gasteiger partial charge in [0.25, 0.3) is 0 Å². The van der Waals surface area contributed by atoms with Gasteiger partial charge >= 0.3 is 0 Å². The van der Waals surface area contributed by atoms with E-state index in [0.29, 0.717) is 5.90 Å². The first-order valence-corrected chi connectivity index (χ1v) is 2.26. The van der Waals surface area contributed by atoms with Crippen molar-refractivity contribution in [2.45, 2.75) is 13.8 Å². The third kappa shape index (κ3) is 3.33. The number of aliphatic imine (C=N–C) groups is 1. The Morgan fingerprint density at radius 2 is 2.00 bits per heavy atom. The normalized spacial score (nSPS) is 11.1. The molecule has 0 aromatic rings. The van der Waals surface area contributed by atoms with Gasteiger partial charge in [-0.05, 0) is 0 Å². The summed E-state index contributed by atoms with van der Waals surface area (Å²) in [5, 5.41) is 0. The predicted molar refractivity (Wildman–Crippen MR) is 30.8 cm³/mol. The van der Waals surface area contributed by atoms with Gasteiger partial charge in [0.05, 0.1) is 7.11 Å².